The summed E-state index contributed by atoms with van der Waals surface area (Å²) in [5, 5.41) is 23.5. The molecule has 0 saturated carbocycles. The number of nitriles is 1. The molecule has 0 aliphatic carbocycles. The highest BCUT2D eigenvalue weighted by Crippen LogP contribution is 2.46. The SMILES string of the molecule is N#CC1CSc2sc(OS(N)(=O)=O)cc2C1O. The van der Waals surface area contributed by atoms with Crippen molar-refractivity contribution in [3.8, 4) is 11.1 Å². The lowest BCUT2D eigenvalue weighted by molar-refractivity contribution is 0.140. The Labute approximate surface area is 106 Å². The standard InChI is InChI=1S/C8H8N2O4S3/c9-2-4-3-15-8-5(7(4)11)1-6(16-8)14-17(10,12)13/h1,4,7,11H,3H2,(H2,10,12,13). The zero-order chi connectivity index (χ0) is 12.6. The van der Waals surface area contributed by atoms with Crippen LogP contribution in [0.5, 0.6) is 5.06 Å². The van der Waals surface area contributed by atoms with E-state index in [0.29, 0.717) is 11.3 Å². The second kappa shape index (κ2) is 4.47. The molecule has 1 aromatic heterocycles. The van der Waals surface area contributed by atoms with Crippen molar-refractivity contribution in [3.05, 3.63) is 11.6 Å². The molecule has 2 rings (SSSR count). The first-order valence-corrected chi connectivity index (χ1v) is 7.74. The van der Waals surface area contributed by atoms with Gasteiger partial charge in [-0.1, -0.05) is 11.3 Å². The van der Waals surface area contributed by atoms with Gasteiger partial charge < -0.3 is 9.29 Å². The Bertz CT molecular complexity index is 574. The minimum Gasteiger partial charge on any atom is -0.387 e. The molecule has 3 N–H and O–H groups in total. The summed E-state index contributed by atoms with van der Waals surface area (Å²) in [5.41, 5.74) is 0.524. The molecule has 1 aliphatic rings. The first-order valence-electron chi connectivity index (χ1n) is 4.47. The first-order chi connectivity index (χ1) is 7.90. The zero-order valence-corrected chi connectivity index (χ0v) is 10.8. The second-order valence-electron chi connectivity index (χ2n) is 3.38. The van der Waals surface area contributed by atoms with Gasteiger partial charge in [0.15, 0.2) is 5.06 Å². The predicted molar refractivity (Wildman–Crippen MR) is 62.8 cm³/mol. The lowest BCUT2D eigenvalue weighted by Crippen LogP contribution is -2.18. The van der Waals surface area contributed by atoms with Crippen LogP contribution in [0, 0.1) is 17.2 Å². The fourth-order valence-electron chi connectivity index (χ4n) is 1.42. The Kier molecular flexibility index (Phi) is 3.33. The maximum atomic E-state index is 10.8. The van der Waals surface area contributed by atoms with Crippen LogP contribution in [0.25, 0.3) is 0 Å². The number of thioether (sulfide) groups is 1. The molecule has 17 heavy (non-hydrogen) atoms. The molecule has 0 radical (unpaired) electrons. The van der Waals surface area contributed by atoms with Crippen molar-refractivity contribution in [2.24, 2.45) is 11.1 Å². The van der Waals surface area contributed by atoms with Crippen molar-refractivity contribution in [1.82, 2.24) is 0 Å². The third kappa shape index (κ3) is 2.72. The minimum atomic E-state index is -4.06. The Morgan fingerprint density at radius 1 is 1.65 bits per heavy atom. The van der Waals surface area contributed by atoms with Crippen molar-refractivity contribution in [2.75, 3.05) is 5.75 Å². The molecule has 1 aliphatic heterocycles. The maximum absolute atomic E-state index is 10.8. The van der Waals surface area contributed by atoms with Gasteiger partial charge in [0.1, 0.15) is 0 Å². The summed E-state index contributed by atoms with van der Waals surface area (Å²) in [6.45, 7) is 0. The third-order valence-electron chi connectivity index (χ3n) is 2.16. The van der Waals surface area contributed by atoms with E-state index in [0.717, 1.165) is 15.5 Å². The van der Waals surface area contributed by atoms with Crippen molar-refractivity contribution in [2.45, 2.75) is 10.3 Å². The molecule has 0 bridgehead atoms. The van der Waals surface area contributed by atoms with Crippen LogP contribution in [0.2, 0.25) is 0 Å². The van der Waals surface area contributed by atoms with Crippen LogP contribution in [0.1, 0.15) is 11.7 Å². The molecule has 0 aromatic carbocycles. The molecule has 0 spiro atoms. The first kappa shape index (κ1) is 12.7. The van der Waals surface area contributed by atoms with E-state index in [4.69, 9.17) is 10.4 Å². The summed E-state index contributed by atoms with van der Waals surface area (Å²) in [6.07, 6.45) is -0.912. The van der Waals surface area contributed by atoms with Gasteiger partial charge in [-0.2, -0.15) is 18.8 Å². The fraction of sp³-hybridized carbons (Fsp3) is 0.375. The van der Waals surface area contributed by atoms with Gasteiger partial charge >= 0.3 is 10.3 Å². The van der Waals surface area contributed by atoms with Crippen LogP contribution in [0.15, 0.2) is 10.3 Å². The Morgan fingerprint density at radius 2 is 2.35 bits per heavy atom. The van der Waals surface area contributed by atoms with Gasteiger partial charge in [0, 0.05) is 17.4 Å². The van der Waals surface area contributed by atoms with Crippen LogP contribution in [-0.2, 0) is 10.3 Å². The number of hydrogen-bond acceptors (Lipinski definition) is 7. The van der Waals surface area contributed by atoms with Crippen LogP contribution in [-0.4, -0.2) is 19.3 Å². The van der Waals surface area contributed by atoms with E-state index in [2.05, 4.69) is 4.18 Å². The lowest BCUT2D eigenvalue weighted by Gasteiger charge is -2.21. The van der Waals surface area contributed by atoms with E-state index >= 15 is 0 Å². The average molecular weight is 292 g/mol. The van der Waals surface area contributed by atoms with Crippen LogP contribution < -0.4 is 9.32 Å². The van der Waals surface area contributed by atoms with E-state index in [1.807, 2.05) is 6.07 Å². The number of fused-ring (bicyclic) bond motifs is 1. The Balaban J connectivity index is 2.31. The molecule has 9 heteroatoms. The molecule has 92 valence electrons. The summed E-state index contributed by atoms with van der Waals surface area (Å²) < 4.78 is 26.8. The molecular weight excluding hydrogens is 284 g/mol. The molecule has 2 heterocycles. The van der Waals surface area contributed by atoms with Gasteiger partial charge in [-0.3, -0.25) is 0 Å². The quantitative estimate of drug-likeness (QED) is 0.825. The number of thiophene rings is 1. The summed E-state index contributed by atoms with van der Waals surface area (Å²) in [7, 11) is -4.06. The van der Waals surface area contributed by atoms with E-state index < -0.39 is 22.3 Å². The highest BCUT2D eigenvalue weighted by molar-refractivity contribution is 8.01. The minimum absolute atomic E-state index is 0.0997. The molecule has 0 saturated heterocycles. The summed E-state index contributed by atoms with van der Waals surface area (Å²) in [5.74, 6) is -0.0237. The zero-order valence-electron chi connectivity index (χ0n) is 8.36. The van der Waals surface area contributed by atoms with Gasteiger partial charge in [0.2, 0.25) is 0 Å². The summed E-state index contributed by atoms with van der Waals surface area (Å²) in [6, 6.07) is 3.41. The Morgan fingerprint density at radius 3 is 2.94 bits per heavy atom. The largest absolute Gasteiger partial charge is 0.387 e. The van der Waals surface area contributed by atoms with Crippen molar-refractivity contribution < 1.29 is 17.7 Å². The van der Waals surface area contributed by atoms with Gasteiger partial charge in [-0.05, 0) is 0 Å². The van der Waals surface area contributed by atoms with E-state index in [1.54, 1.807) is 0 Å². The Hall–Kier alpha value is -0.790. The van der Waals surface area contributed by atoms with Gasteiger partial charge in [-0.15, -0.1) is 11.8 Å². The normalized spacial score (nSPS) is 23.8. The van der Waals surface area contributed by atoms with Gasteiger partial charge in [-0.25, -0.2) is 0 Å². The number of nitrogens with zero attached hydrogens (tertiary/aromatic N) is 1. The predicted octanol–water partition coefficient (Wildman–Crippen LogP) is 0.609. The highest BCUT2D eigenvalue weighted by Gasteiger charge is 2.31. The molecule has 6 nitrogen and oxygen atoms in total. The number of nitrogens with two attached hydrogens (primary N) is 1. The van der Waals surface area contributed by atoms with E-state index in [9.17, 15) is 13.5 Å². The third-order valence-corrected chi connectivity index (χ3v) is 5.13. The number of aliphatic hydroxyl groups excluding tert-OH is 1. The van der Waals surface area contributed by atoms with Crippen LogP contribution in [0.3, 0.4) is 0 Å². The smallest absolute Gasteiger partial charge is 0.380 e. The van der Waals surface area contributed by atoms with Crippen molar-refractivity contribution in [1.29, 1.82) is 5.26 Å². The monoisotopic (exact) mass is 292 g/mol. The highest BCUT2D eigenvalue weighted by atomic mass is 32.2. The fourth-order valence-corrected chi connectivity index (χ4v) is 4.41. The molecule has 2 atom stereocenters. The van der Waals surface area contributed by atoms with Gasteiger partial charge in [0.05, 0.1) is 22.3 Å². The van der Waals surface area contributed by atoms with Gasteiger partial charge in [0.25, 0.3) is 0 Å². The molecule has 0 fully saturated rings. The number of hydrogen-bond donors (Lipinski definition) is 2. The summed E-state index contributed by atoms with van der Waals surface area (Å²) >= 11 is 2.48. The number of rotatable bonds is 2. The second-order valence-corrected chi connectivity index (χ2v) is 6.83. The lowest BCUT2D eigenvalue weighted by atomic mass is 10.0. The molecular formula is C8H8N2O4S3. The van der Waals surface area contributed by atoms with Crippen LogP contribution >= 0.6 is 23.1 Å². The van der Waals surface area contributed by atoms with Crippen molar-refractivity contribution in [3.63, 3.8) is 0 Å². The van der Waals surface area contributed by atoms with Crippen LogP contribution in [0.4, 0.5) is 0 Å². The summed E-state index contributed by atoms with van der Waals surface area (Å²) in [4.78, 5) is 0. The number of aliphatic hydroxyl groups is 1. The maximum Gasteiger partial charge on any atom is 0.380 e. The van der Waals surface area contributed by atoms with E-state index in [-0.39, 0.29) is 5.06 Å². The topological polar surface area (TPSA) is 113 Å². The average Bonchev–Trinajstić information content (AvgIpc) is 2.59. The molecule has 2 unspecified atom stereocenters. The molecule has 1 aromatic rings. The molecule has 0 amide bonds. The van der Waals surface area contributed by atoms with E-state index in [1.165, 1.54) is 17.8 Å². The van der Waals surface area contributed by atoms with Crippen molar-refractivity contribution >= 4 is 33.4 Å².